The Labute approximate surface area is 219 Å². The second-order valence-electron chi connectivity index (χ2n) is 8.59. The summed E-state index contributed by atoms with van der Waals surface area (Å²) in [7, 11) is -1.89. The van der Waals surface area contributed by atoms with Gasteiger partial charge in [0, 0.05) is 17.8 Å². The minimum absolute atomic E-state index is 0.124. The Morgan fingerprint density at radius 1 is 1.11 bits per heavy atom. The number of hydrogen-bond donors (Lipinski definition) is 1. The van der Waals surface area contributed by atoms with Gasteiger partial charge in [-0.25, -0.2) is 9.78 Å². The SMILES string of the molecule is O=CNC1(COC=O)C(=O)N2C(C(=O)OC(c3ccccc3)c3ccccc3)C(n3ccnc3)=CS(=O)[C@H]21. The van der Waals surface area contributed by atoms with Crippen LogP contribution in [0.4, 0.5) is 0 Å². The molecule has 5 rings (SSSR count). The molecule has 0 bridgehead atoms. The summed E-state index contributed by atoms with van der Waals surface area (Å²) in [6.45, 7) is -0.424. The van der Waals surface area contributed by atoms with Gasteiger partial charge in [0.15, 0.2) is 17.7 Å². The zero-order valence-electron chi connectivity index (χ0n) is 19.8. The molecule has 1 aromatic heterocycles. The number of amides is 2. The summed E-state index contributed by atoms with van der Waals surface area (Å²) in [5.74, 6) is -1.53. The van der Waals surface area contributed by atoms with E-state index in [0.29, 0.717) is 11.1 Å². The first-order chi connectivity index (χ1) is 18.5. The molecule has 2 aliphatic rings. The molecule has 0 saturated carbocycles. The van der Waals surface area contributed by atoms with Gasteiger partial charge in [0.05, 0.1) is 22.8 Å². The van der Waals surface area contributed by atoms with Crippen molar-refractivity contribution in [3.8, 4) is 0 Å². The molecule has 3 heterocycles. The number of nitrogens with zero attached hydrogens (tertiary/aromatic N) is 3. The largest absolute Gasteiger partial charge is 0.465 e. The van der Waals surface area contributed by atoms with E-state index in [1.165, 1.54) is 22.5 Å². The van der Waals surface area contributed by atoms with E-state index in [-0.39, 0.29) is 18.6 Å². The molecule has 2 amide bonds. The number of benzene rings is 2. The average molecular weight is 535 g/mol. The third-order valence-electron chi connectivity index (χ3n) is 6.47. The Morgan fingerprint density at radius 2 is 1.76 bits per heavy atom. The molecule has 11 nitrogen and oxygen atoms in total. The lowest BCUT2D eigenvalue weighted by Crippen LogP contribution is -2.85. The second-order valence-corrected chi connectivity index (χ2v) is 9.93. The van der Waals surface area contributed by atoms with Crippen molar-refractivity contribution < 1.29 is 32.9 Å². The third kappa shape index (κ3) is 4.18. The highest BCUT2D eigenvalue weighted by molar-refractivity contribution is 7.89. The summed E-state index contributed by atoms with van der Waals surface area (Å²) in [5, 5.41) is 2.50. The van der Waals surface area contributed by atoms with Crippen LogP contribution in [0.2, 0.25) is 0 Å². The van der Waals surface area contributed by atoms with Gasteiger partial charge in [-0.2, -0.15) is 0 Å². The second kappa shape index (κ2) is 10.4. The predicted octanol–water partition coefficient (Wildman–Crippen LogP) is 0.971. The Bertz CT molecular complexity index is 1360. The Balaban J connectivity index is 1.56. The van der Waals surface area contributed by atoms with E-state index in [2.05, 4.69) is 10.3 Å². The summed E-state index contributed by atoms with van der Waals surface area (Å²) in [4.78, 5) is 54.8. The van der Waals surface area contributed by atoms with E-state index in [9.17, 15) is 23.4 Å². The van der Waals surface area contributed by atoms with Gasteiger partial charge >= 0.3 is 5.97 Å². The maximum Gasteiger partial charge on any atom is 0.336 e. The third-order valence-corrected chi connectivity index (χ3v) is 8.01. The van der Waals surface area contributed by atoms with Crippen molar-refractivity contribution in [3.05, 3.63) is 95.9 Å². The average Bonchev–Trinajstić information content (AvgIpc) is 3.49. The Hall–Kier alpha value is -4.58. The lowest BCUT2D eigenvalue weighted by molar-refractivity contribution is -0.175. The molecular weight excluding hydrogens is 512 g/mol. The summed E-state index contributed by atoms with van der Waals surface area (Å²) < 4.78 is 25.7. The number of aromatic nitrogens is 2. The molecule has 0 spiro atoms. The van der Waals surface area contributed by atoms with Crippen molar-refractivity contribution in [1.82, 2.24) is 19.8 Å². The van der Waals surface area contributed by atoms with Crippen LogP contribution in [0, 0.1) is 0 Å². The molecule has 0 radical (unpaired) electrons. The molecule has 3 unspecified atom stereocenters. The maximum atomic E-state index is 13.9. The van der Waals surface area contributed by atoms with Crippen LogP contribution in [-0.2, 0) is 39.5 Å². The minimum Gasteiger partial charge on any atom is -0.465 e. The van der Waals surface area contributed by atoms with Crippen LogP contribution >= 0.6 is 0 Å². The van der Waals surface area contributed by atoms with Crippen molar-refractivity contribution in [2.45, 2.75) is 23.1 Å². The monoisotopic (exact) mass is 534 g/mol. The normalized spacial score (nSPS) is 24.0. The van der Waals surface area contributed by atoms with Crippen LogP contribution in [0.1, 0.15) is 17.2 Å². The molecule has 1 fully saturated rings. The first-order valence-corrected chi connectivity index (χ1v) is 12.8. The van der Waals surface area contributed by atoms with Crippen LogP contribution in [0.5, 0.6) is 0 Å². The fourth-order valence-electron chi connectivity index (χ4n) is 4.76. The highest BCUT2D eigenvalue weighted by Crippen LogP contribution is 2.43. The van der Waals surface area contributed by atoms with Crippen LogP contribution < -0.4 is 5.32 Å². The quantitative estimate of drug-likeness (QED) is 0.231. The highest BCUT2D eigenvalue weighted by Gasteiger charge is 2.69. The topological polar surface area (TPSA) is 137 Å². The van der Waals surface area contributed by atoms with Crippen molar-refractivity contribution in [1.29, 1.82) is 0 Å². The van der Waals surface area contributed by atoms with E-state index < -0.39 is 52.3 Å². The van der Waals surface area contributed by atoms with Gasteiger partial charge in [-0.3, -0.25) is 18.6 Å². The fourth-order valence-corrected chi connectivity index (χ4v) is 6.45. The summed E-state index contributed by atoms with van der Waals surface area (Å²) in [5.41, 5.74) is -0.169. The van der Waals surface area contributed by atoms with Crippen molar-refractivity contribution in [3.63, 3.8) is 0 Å². The van der Waals surface area contributed by atoms with Crippen LogP contribution in [0.3, 0.4) is 0 Å². The lowest BCUT2D eigenvalue weighted by atomic mass is 9.86. The summed E-state index contributed by atoms with van der Waals surface area (Å²) in [6, 6.07) is 16.9. The number of ether oxygens (including phenoxy) is 2. The molecule has 194 valence electrons. The molecular formula is C26H22N4O7S. The lowest BCUT2D eigenvalue weighted by Gasteiger charge is -2.57. The number of esters is 1. The first-order valence-electron chi connectivity index (χ1n) is 11.5. The Morgan fingerprint density at radius 3 is 2.32 bits per heavy atom. The molecule has 1 saturated heterocycles. The molecule has 3 aromatic rings. The van der Waals surface area contributed by atoms with E-state index in [1.807, 2.05) is 60.7 Å². The molecule has 0 aliphatic carbocycles. The summed E-state index contributed by atoms with van der Waals surface area (Å²) >= 11 is 0. The van der Waals surface area contributed by atoms with Crippen molar-refractivity contribution >= 4 is 41.3 Å². The van der Waals surface area contributed by atoms with Gasteiger partial charge in [0.2, 0.25) is 6.41 Å². The number of carbonyl (C=O) groups is 4. The fraction of sp³-hybridized carbons (Fsp3) is 0.192. The highest BCUT2D eigenvalue weighted by atomic mass is 32.2. The molecule has 2 aliphatic heterocycles. The molecule has 12 heteroatoms. The van der Waals surface area contributed by atoms with E-state index >= 15 is 0 Å². The Kier molecular flexibility index (Phi) is 6.88. The van der Waals surface area contributed by atoms with E-state index in [0.717, 1.165) is 4.90 Å². The number of rotatable bonds is 10. The van der Waals surface area contributed by atoms with E-state index in [4.69, 9.17) is 9.47 Å². The van der Waals surface area contributed by atoms with Gasteiger partial charge in [-0.15, -0.1) is 0 Å². The number of fused-ring (bicyclic) bond motifs is 1. The van der Waals surface area contributed by atoms with Crippen LogP contribution in [-0.4, -0.2) is 67.0 Å². The van der Waals surface area contributed by atoms with Gasteiger partial charge in [-0.05, 0) is 11.1 Å². The van der Waals surface area contributed by atoms with Gasteiger partial charge in [0.1, 0.15) is 12.0 Å². The number of hydrogen-bond acceptors (Lipinski definition) is 8. The minimum atomic E-state index is -1.89. The summed E-state index contributed by atoms with van der Waals surface area (Å²) in [6.07, 6.45) is 3.90. The maximum absolute atomic E-state index is 13.9. The van der Waals surface area contributed by atoms with Crippen molar-refractivity contribution in [2.75, 3.05) is 6.61 Å². The van der Waals surface area contributed by atoms with Crippen molar-refractivity contribution in [2.24, 2.45) is 0 Å². The zero-order chi connectivity index (χ0) is 26.7. The zero-order valence-corrected chi connectivity index (χ0v) is 20.6. The standard InChI is InChI=1S/C26H22N4O7S/c31-16-28-26(14-36-17-32)24(34)30-21(20(13-38(35)25(26)30)29-12-11-27-15-29)23(33)37-22(18-7-3-1-4-8-18)19-9-5-2-6-10-19/h1-13,15-17,21-22,25H,14H2,(H,28,31)/t21?,25-,26?,38?/m0/s1. The molecule has 4 atom stereocenters. The number of nitrogens with one attached hydrogen (secondary N) is 1. The first kappa shape index (κ1) is 25.1. The van der Waals surface area contributed by atoms with Crippen LogP contribution in [0.15, 0.2) is 84.8 Å². The number of carbonyl (C=O) groups excluding carboxylic acids is 4. The number of imidazole rings is 1. The molecule has 1 N–H and O–H groups in total. The predicted molar refractivity (Wildman–Crippen MR) is 134 cm³/mol. The smallest absolute Gasteiger partial charge is 0.336 e. The van der Waals surface area contributed by atoms with Crippen LogP contribution in [0.25, 0.3) is 5.70 Å². The van der Waals surface area contributed by atoms with Gasteiger partial charge in [0.25, 0.3) is 12.4 Å². The molecule has 38 heavy (non-hydrogen) atoms. The van der Waals surface area contributed by atoms with Gasteiger partial charge < -0.3 is 24.3 Å². The van der Waals surface area contributed by atoms with Gasteiger partial charge in [-0.1, -0.05) is 60.7 Å². The number of β-lactam (4-membered cyclic amide) rings is 1. The van der Waals surface area contributed by atoms with E-state index in [1.54, 1.807) is 6.20 Å². The molecule has 2 aromatic carbocycles.